The van der Waals surface area contributed by atoms with Gasteiger partial charge in [0.2, 0.25) is 0 Å². The molecular formula is C20H13N5O2. The van der Waals surface area contributed by atoms with Crippen LogP contribution in [0.1, 0.15) is 0 Å². The number of pyridine rings is 1. The molecule has 0 atom stereocenters. The molecule has 3 aromatic heterocycles. The first-order valence-corrected chi connectivity index (χ1v) is 8.35. The molecule has 0 aliphatic rings. The van der Waals surface area contributed by atoms with Crippen molar-refractivity contribution in [3.05, 3.63) is 83.5 Å². The molecule has 0 radical (unpaired) electrons. The maximum Gasteiger partial charge on any atom is 0.417 e. The molecule has 5 aromatic rings. The van der Waals surface area contributed by atoms with Crippen molar-refractivity contribution in [2.45, 2.75) is 0 Å². The Morgan fingerprint density at radius 1 is 0.963 bits per heavy atom. The van der Waals surface area contributed by atoms with Crippen LogP contribution in [0.2, 0.25) is 0 Å². The van der Waals surface area contributed by atoms with Crippen LogP contribution in [0.25, 0.3) is 28.0 Å². The first kappa shape index (κ1) is 15.3. The van der Waals surface area contributed by atoms with E-state index in [4.69, 9.17) is 4.42 Å². The molecule has 2 aromatic carbocycles. The van der Waals surface area contributed by atoms with E-state index < -0.39 is 5.76 Å². The lowest BCUT2D eigenvalue weighted by Gasteiger charge is -2.00. The average molecular weight is 355 g/mol. The molecule has 0 fully saturated rings. The van der Waals surface area contributed by atoms with Gasteiger partial charge in [0.15, 0.2) is 11.4 Å². The SMILES string of the molecule is O=c1[nH]c2ccc(-c3nc4ccccn4c3N=Nc3ccccc3)cc2o1. The van der Waals surface area contributed by atoms with Gasteiger partial charge in [0.25, 0.3) is 0 Å². The molecule has 0 amide bonds. The second-order valence-electron chi connectivity index (χ2n) is 5.97. The van der Waals surface area contributed by atoms with E-state index in [9.17, 15) is 4.79 Å². The van der Waals surface area contributed by atoms with Gasteiger partial charge >= 0.3 is 5.76 Å². The third-order valence-corrected chi connectivity index (χ3v) is 4.22. The van der Waals surface area contributed by atoms with Gasteiger partial charge in [0, 0.05) is 11.8 Å². The molecule has 1 N–H and O–H groups in total. The number of hydrogen-bond donors (Lipinski definition) is 1. The Morgan fingerprint density at radius 2 is 1.81 bits per heavy atom. The largest absolute Gasteiger partial charge is 0.417 e. The van der Waals surface area contributed by atoms with Crippen LogP contribution in [0.4, 0.5) is 11.5 Å². The van der Waals surface area contributed by atoms with E-state index >= 15 is 0 Å². The van der Waals surface area contributed by atoms with Crippen LogP contribution in [0.15, 0.2) is 92.4 Å². The topological polar surface area (TPSA) is 88.0 Å². The van der Waals surface area contributed by atoms with Gasteiger partial charge in [-0.3, -0.25) is 9.38 Å². The van der Waals surface area contributed by atoms with Crippen LogP contribution in [0, 0.1) is 0 Å². The van der Waals surface area contributed by atoms with Crippen molar-refractivity contribution in [3.63, 3.8) is 0 Å². The summed E-state index contributed by atoms with van der Waals surface area (Å²) >= 11 is 0. The third-order valence-electron chi connectivity index (χ3n) is 4.22. The number of hydrogen-bond acceptors (Lipinski definition) is 5. The predicted molar refractivity (Wildman–Crippen MR) is 102 cm³/mol. The number of imidazole rings is 1. The molecule has 0 bridgehead atoms. The van der Waals surface area contributed by atoms with Crippen LogP contribution < -0.4 is 5.76 Å². The van der Waals surface area contributed by atoms with Crippen molar-refractivity contribution in [2.24, 2.45) is 10.2 Å². The summed E-state index contributed by atoms with van der Waals surface area (Å²) in [5.41, 5.74) is 4.06. The van der Waals surface area contributed by atoms with Gasteiger partial charge in [0.05, 0.1) is 11.2 Å². The first-order chi connectivity index (χ1) is 13.3. The van der Waals surface area contributed by atoms with Crippen LogP contribution >= 0.6 is 0 Å². The number of nitrogens with one attached hydrogen (secondary N) is 1. The standard InChI is InChI=1S/C20H13N5O2/c26-20-21-15-10-9-13(12-16(15)27-20)18-19(24-23-14-6-2-1-3-7-14)25-11-5-4-8-17(25)22-18/h1-12H,(H,21,26). The average Bonchev–Trinajstić information content (AvgIpc) is 3.26. The molecule has 7 nitrogen and oxygen atoms in total. The molecule has 0 saturated heterocycles. The Labute approximate surface area is 152 Å². The van der Waals surface area contributed by atoms with Crippen molar-refractivity contribution in [1.29, 1.82) is 0 Å². The van der Waals surface area contributed by atoms with Crippen LogP contribution in [-0.2, 0) is 0 Å². The summed E-state index contributed by atoms with van der Waals surface area (Å²) in [4.78, 5) is 18.8. The number of aromatic nitrogens is 3. The Morgan fingerprint density at radius 3 is 2.70 bits per heavy atom. The van der Waals surface area contributed by atoms with E-state index in [1.54, 1.807) is 12.1 Å². The Bertz CT molecular complexity index is 1350. The highest BCUT2D eigenvalue weighted by Crippen LogP contribution is 2.33. The van der Waals surface area contributed by atoms with Gasteiger partial charge < -0.3 is 4.42 Å². The molecule has 0 aliphatic carbocycles. The van der Waals surface area contributed by atoms with Crippen molar-refractivity contribution < 1.29 is 4.42 Å². The number of oxazole rings is 1. The van der Waals surface area contributed by atoms with Gasteiger partial charge in [-0.1, -0.05) is 30.3 Å². The fraction of sp³-hybridized carbons (Fsp3) is 0. The monoisotopic (exact) mass is 355 g/mol. The first-order valence-electron chi connectivity index (χ1n) is 8.35. The quantitative estimate of drug-likeness (QED) is 0.469. The highest BCUT2D eigenvalue weighted by Gasteiger charge is 2.15. The van der Waals surface area contributed by atoms with Crippen molar-refractivity contribution in [1.82, 2.24) is 14.4 Å². The molecule has 0 aliphatic heterocycles. The number of azo groups is 1. The third kappa shape index (κ3) is 2.71. The summed E-state index contributed by atoms with van der Waals surface area (Å²) in [5.74, 6) is 0.118. The van der Waals surface area contributed by atoms with Crippen molar-refractivity contribution >= 4 is 28.3 Å². The number of benzene rings is 2. The molecule has 0 unspecified atom stereocenters. The zero-order valence-electron chi connectivity index (χ0n) is 14.0. The summed E-state index contributed by atoms with van der Waals surface area (Å²) in [6, 6.07) is 20.7. The smallest absolute Gasteiger partial charge is 0.408 e. The summed E-state index contributed by atoms with van der Waals surface area (Å²) in [6.07, 6.45) is 1.89. The van der Waals surface area contributed by atoms with Gasteiger partial charge in [-0.2, -0.15) is 0 Å². The summed E-state index contributed by atoms with van der Waals surface area (Å²) in [7, 11) is 0. The Balaban J connectivity index is 1.70. The minimum absolute atomic E-state index is 0.473. The van der Waals surface area contributed by atoms with Crippen LogP contribution in [-0.4, -0.2) is 14.4 Å². The number of H-pyrrole nitrogens is 1. The lowest BCUT2D eigenvalue weighted by Crippen LogP contribution is -1.92. The van der Waals surface area contributed by atoms with Crippen LogP contribution in [0.5, 0.6) is 0 Å². The van der Waals surface area contributed by atoms with Gasteiger partial charge in [-0.05, 0) is 36.4 Å². The van der Waals surface area contributed by atoms with Gasteiger partial charge in [-0.25, -0.2) is 9.78 Å². The number of fused-ring (bicyclic) bond motifs is 2. The fourth-order valence-electron chi connectivity index (χ4n) is 2.96. The number of rotatable bonds is 3. The second-order valence-corrected chi connectivity index (χ2v) is 5.97. The molecule has 3 heterocycles. The van der Waals surface area contributed by atoms with E-state index in [1.165, 1.54) is 0 Å². The molecular weight excluding hydrogens is 342 g/mol. The van der Waals surface area contributed by atoms with Gasteiger partial charge in [-0.15, -0.1) is 10.2 Å². The predicted octanol–water partition coefficient (Wildman–Crippen LogP) is 4.85. The Hall–Kier alpha value is -4.00. The van der Waals surface area contributed by atoms with Gasteiger partial charge in [0.1, 0.15) is 11.3 Å². The molecule has 0 saturated carbocycles. The number of nitrogens with zero attached hydrogens (tertiary/aromatic N) is 4. The summed E-state index contributed by atoms with van der Waals surface area (Å²) in [6.45, 7) is 0. The highest BCUT2D eigenvalue weighted by atomic mass is 16.4. The van der Waals surface area contributed by atoms with E-state index in [-0.39, 0.29) is 0 Å². The minimum atomic E-state index is -0.485. The van der Waals surface area contributed by atoms with E-state index in [2.05, 4.69) is 20.2 Å². The Kier molecular flexibility index (Phi) is 3.43. The number of aromatic amines is 1. The summed E-state index contributed by atoms with van der Waals surface area (Å²) in [5, 5.41) is 8.79. The molecule has 7 heteroatoms. The van der Waals surface area contributed by atoms with E-state index in [0.29, 0.717) is 22.6 Å². The maximum absolute atomic E-state index is 11.4. The lowest BCUT2D eigenvalue weighted by atomic mass is 10.1. The zero-order valence-corrected chi connectivity index (χ0v) is 14.0. The van der Waals surface area contributed by atoms with E-state index in [1.807, 2.05) is 65.2 Å². The fourth-order valence-corrected chi connectivity index (χ4v) is 2.96. The minimum Gasteiger partial charge on any atom is -0.408 e. The van der Waals surface area contributed by atoms with Crippen molar-refractivity contribution in [3.8, 4) is 11.3 Å². The molecule has 27 heavy (non-hydrogen) atoms. The zero-order chi connectivity index (χ0) is 18.2. The highest BCUT2D eigenvalue weighted by molar-refractivity contribution is 5.83. The lowest BCUT2D eigenvalue weighted by molar-refractivity contribution is 0.555. The molecule has 5 rings (SSSR count). The normalized spacial score (nSPS) is 11.7. The van der Waals surface area contributed by atoms with Crippen molar-refractivity contribution in [2.75, 3.05) is 0 Å². The summed E-state index contributed by atoms with van der Waals surface area (Å²) < 4.78 is 7.05. The molecule has 130 valence electrons. The molecule has 0 spiro atoms. The van der Waals surface area contributed by atoms with Crippen LogP contribution in [0.3, 0.4) is 0 Å². The second kappa shape index (κ2) is 6.06. The van der Waals surface area contributed by atoms with E-state index in [0.717, 1.165) is 16.9 Å². The maximum atomic E-state index is 11.4.